The minimum atomic E-state index is -0.372. The van der Waals surface area contributed by atoms with Crippen LogP contribution in [0.3, 0.4) is 0 Å². The van der Waals surface area contributed by atoms with Crippen LogP contribution in [-0.4, -0.2) is 13.1 Å². The van der Waals surface area contributed by atoms with Crippen LogP contribution in [0.2, 0.25) is 0 Å². The lowest BCUT2D eigenvalue weighted by Crippen LogP contribution is -1.98. The molecule has 0 amide bonds. The first-order valence-corrected chi connectivity index (χ1v) is 6.78. The Labute approximate surface area is 117 Å². The van der Waals surface area contributed by atoms with Crippen LogP contribution < -0.4 is 0 Å². The topological polar surface area (TPSA) is 26.3 Å². The summed E-state index contributed by atoms with van der Waals surface area (Å²) in [6.07, 6.45) is 0. The summed E-state index contributed by atoms with van der Waals surface area (Å²) in [4.78, 5) is 13.0. The van der Waals surface area contributed by atoms with E-state index in [0.717, 1.165) is 20.5 Å². The molecule has 0 spiro atoms. The molecule has 0 radical (unpaired) electrons. The minimum Gasteiger partial charge on any atom is -0.465 e. The van der Waals surface area contributed by atoms with Gasteiger partial charge in [0.05, 0.1) is 7.11 Å². The molecular weight excluding hydrogens is 319 g/mol. The van der Waals surface area contributed by atoms with Gasteiger partial charge in [-0.2, -0.15) is 0 Å². The quantitative estimate of drug-likeness (QED) is 0.763. The first-order chi connectivity index (χ1) is 8.54. The summed E-state index contributed by atoms with van der Waals surface area (Å²) in [6.45, 7) is 1.91. The van der Waals surface area contributed by atoms with Crippen LogP contribution in [0.15, 0.2) is 28.7 Å². The summed E-state index contributed by atoms with van der Waals surface area (Å²) in [5, 5.41) is 0. The Morgan fingerprint density at radius 1 is 1.33 bits per heavy atom. The second kappa shape index (κ2) is 5.20. The molecule has 2 nitrogen and oxygen atoms in total. The summed E-state index contributed by atoms with van der Waals surface area (Å²) >= 11 is 4.72. The van der Waals surface area contributed by atoms with E-state index in [1.54, 1.807) is 12.1 Å². The molecule has 18 heavy (non-hydrogen) atoms. The van der Waals surface area contributed by atoms with Gasteiger partial charge in [-0.1, -0.05) is 12.1 Å². The van der Waals surface area contributed by atoms with E-state index in [1.165, 1.54) is 30.6 Å². The van der Waals surface area contributed by atoms with E-state index in [2.05, 4.69) is 15.9 Å². The Hall–Kier alpha value is -1.20. The molecule has 0 saturated carbocycles. The van der Waals surface area contributed by atoms with Gasteiger partial charge in [-0.15, -0.1) is 11.3 Å². The van der Waals surface area contributed by atoms with Gasteiger partial charge in [0.15, 0.2) is 0 Å². The molecule has 2 aromatic rings. The third-order valence-electron chi connectivity index (χ3n) is 2.55. The van der Waals surface area contributed by atoms with Crippen molar-refractivity contribution in [2.45, 2.75) is 6.92 Å². The molecule has 0 unspecified atom stereocenters. The Morgan fingerprint density at radius 3 is 2.50 bits per heavy atom. The van der Waals surface area contributed by atoms with Gasteiger partial charge < -0.3 is 4.74 Å². The molecule has 1 aromatic heterocycles. The number of thiophene rings is 1. The van der Waals surface area contributed by atoms with E-state index >= 15 is 0 Å². The van der Waals surface area contributed by atoms with Gasteiger partial charge in [-0.3, -0.25) is 0 Å². The molecule has 0 saturated heterocycles. The molecule has 0 bridgehead atoms. The van der Waals surface area contributed by atoms with Gasteiger partial charge in [0.1, 0.15) is 10.7 Å². The minimum absolute atomic E-state index is 0.278. The molecule has 0 N–H and O–H groups in total. The number of hydrogen-bond donors (Lipinski definition) is 0. The van der Waals surface area contributed by atoms with E-state index in [1.807, 2.05) is 6.92 Å². The van der Waals surface area contributed by atoms with Gasteiger partial charge in [0.25, 0.3) is 0 Å². The smallest absolute Gasteiger partial charge is 0.349 e. The fraction of sp³-hybridized carbons (Fsp3) is 0.154. The van der Waals surface area contributed by atoms with Crippen LogP contribution in [0, 0.1) is 12.7 Å². The number of esters is 1. The normalized spacial score (nSPS) is 10.4. The zero-order chi connectivity index (χ0) is 13.3. The summed E-state index contributed by atoms with van der Waals surface area (Å²) in [5.41, 5.74) is 1.83. The van der Waals surface area contributed by atoms with Crippen LogP contribution in [0.5, 0.6) is 0 Å². The number of ether oxygens (including phenoxy) is 1. The van der Waals surface area contributed by atoms with E-state index in [-0.39, 0.29) is 11.8 Å². The molecule has 0 atom stereocenters. The maximum atomic E-state index is 12.9. The van der Waals surface area contributed by atoms with Crippen molar-refractivity contribution in [1.82, 2.24) is 0 Å². The van der Waals surface area contributed by atoms with E-state index in [9.17, 15) is 9.18 Å². The van der Waals surface area contributed by atoms with Gasteiger partial charge in [-0.05, 0) is 46.1 Å². The number of methoxy groups -OCH3 is 1. The number of carbonyl (C=O) groups excluding carboxylic acids is 1. The van der Waals surface area contributed by atoms with Crippen molar-refractivity contribution >= 4 is 33.2 Å². The number of rotatable bonds is 2. The molecule has 1 heterocycles. The van der Waals surface area contributed by atoms with Crippen molar-refractivity contribution in [1.29, 1.82) is 0 Å². The molecule has 0 aliphatic carbocycles. The summed E-state index contributed by atoms with van der Waals surface area (Å²) < 4.78 is 18.3. The van der Waals surface area contributed by atoms with Crippen LogP contribution in [0.1, 0.15) is 15.2 Å². The average molecular weight is 329 g/mol. The Kier molecular flexibility index (Phi) is 3.82. The molecule has 5 heteroatoms. The SMILES string of the molecule is COC(=O)c1sc(-c2ccc(F)cc2)c(C)c1Br. The zero-order valence-electron chi connectivity index (χ0n) is 9.79. The molecule has 1 aromatic carbocycles. The fourth-order valence-electron chi connectivity index (χ4n) is 1.59. The van der Waals surface area contributed by atoms with Gasteiger partial charge in [0, 0.05) is 9.35 Å². The van der Waals surface area contributed by atoms with Crippen LogP contribution in [-0.2, 0) is 4.74 Å². The standard InChI is InChI=1S/C13H10BrFO2S/c1-7-10(14)12(13(16)17-2)18-11(7)8-3-5-9(15)6-4-8/h3-6H,1-2H3. The highest BCUT2D eigenvalue weighted by atomic mass is 79.9. The van der Waals surface area contributed by atoms with Gasteiger partial charge in [0.2, 0.25) is 0 Å². The zero-order valence-corrected chi connectivity index (χ0v) is 12.2. The summed E-state index contributed by atoms with van der Waals surface area (Å²) in [5.74, 6) is -0.649. The molecule has 0 aliphatic heterocycles. The van der Waals surface area contributed by atoms with Crippen LogP contribution >= 0.6 is 27.3 Å². The average Bonchev–Trinajstić information content (AvgIpc) is 2.67. The predicted molar refractivity (Wildman–Crippen MR) is 73.5 cm³/mol. The highest BCUT2D eigenvalue weighted by Crippen LogP contribution is 2.39. The Balaban J connectivity index is 2.52. The molecule has 0 aliphatic rings. The van der Waals surface area contributed by atoms with Gasteiger partial charge >= 0.3 is 5.97 Å². The highest BCUT2D eigenvalue weighted by Gasteiger charge is 2.20. The lowest BCUT2D eigenvalue weighted by Gasteiger charge is -1.99. The summed E-state index contributed by atoms with van der Waals surface area (Å²) in [6, 6.07) is 6.20. The van der Waals surface area contributed by atoms with E-state index in [0.29, 0.717) is 4.88 Å². The second-order valence-electron chi connectivity index (χ2n) is 3.70. The van der Waals surface area contributed by atoms with E-state index < -0.39 is 0 Å². The molecule has 2 rings (SSSR count). The monoisotopic (exact) mass is 328 g/mol. The first kappa shape index (κ1) is 13.2. The largest absolute Gasteiger partial charge is 0.465 e. The number of halogens is 2. The first-order valence-electron chi connectivity index (χ1n) is 5.17. The third-order valence-corrected chi connectivity index (χ3v) is 5.13. The number of hydrogen-bond acceptors (Lipinski definition) is 3. The second-order valence-corrected chi connectivity index (χ2v) is 5.51. The van der Waals surface area contributed by atoms with Crippen molar-refractivity contribution < 1.29 is 13.9 Å². The molecular formula is C13H10BrFO2S. The maximum absolute atomic E-state index is 12.9. The molecule has 94 valence electrons. The molecule has 0 fully saturated rings. The van der Waals surface area contributed by atoms with Crippen molar-refractivity contribution in [3.8, 4) is 10.4 Å². The van der Waals surface area contributed by atoms with Crippen molar-refractivity contribution in [2.75, 3.05) is 7.11 Å². The predicted octanol–water partition coefficient (Wildman–Crippen LogP) is 4.41. The van der Waals surface area contributed by atoms with Crippen LogP contribution in [0.25, 0.3) is 10.4 Å². The van der Waals surface area contributed by atoms with Gasteiger partial charge in [-0.25, -0.2) is 9.18 Å². The highest BCUT2D eigenvalue weighted by molar-refractivity contribution is 9.10. The summed E-state index contributed by atoms with van der Waals surface area (Å²) in [7, 11) is 1.35. The Morgan fingerprint density at radius 2 is 1.94 bits per heavy atom. The van der Waals surface area contributed by atoms with Crippen LogP contribution in [0.4, 0.5) is 4.39 Å². The lowest BCUT2D eigenvalue weighted by atomic mass is 10.1. The number of benzene rings is 1. The van der Waals surface area contributed by atoms with Crippen molar-refractivity contribution in [3.05, 3.63) is 45.0 Å². The fourth-order valence-corrected chi connectivity index (χ4v) is 3.45. The lowest BCUT2D eigenvalue weighted by molar-refractivity contribution is 0.0605. The Bertz CT molecular complexity index is 590. The van der Waals surface area contributed by atoms with Crippen molar-refractivity contribution in [2.24, 2.45) is 0 Å². The maximum Gasteiger partial charge on any atom is 0.349 e. The van der Waals surface area contributed by atoms with E-state index in [4.69, 9.17) is 4.74 Å². The number of carbonyl (C=O) groups is 1. The van der Waals surface area contributed by atoms with Crippen molar-refractivity contribution in [3.63, 3.8) is 0 Å². The third kappa shape index (κ3) is 2.33.